The molecule has 4 rings (SSSR count). The van der Waals surface area contributed by atoms with Crippen LogP contribution < -0.4 is 0 Å². The van der Waals surface area contributed by atoms with Gasteiger partial charge in [-0.3, -0.25) is 0 Å². The Morgan fingerprint density at radius 1 is 0.682 bits per heavy atom. The van der Waals surface area contributed by atoms with Gasteiger partial charge >= 0.3 is 0 Å². The van der Waals surface area contributed by atoms with Crippen LogP contribution in [0.5, 0.6) is 0 Å². The highest BCUT2D eigenvalue weighted by Crippen LogP contribution is 2.38. The van der Waals surface area contributed by atoms with E-state index in [1.807, 2.05) is 6.07 Å². The Balaban J connectivity index is 2.07. The molecule has 0 aliphatic carbocycles. The first-order valence-corrected chi connectivity index (χ1v) is 8.04. The first-order valence-electron chi connectivity index (χ1n) is 7.25. The van der Waals surface area contributed by atoms with Crippen molar-refractivity contribution < 1.29 is 0 Å². The summed E-state index contributed by atoms with van der Waals surface area (Å²) < 4.78 is 1.08. The lowest BCUT2D eigenvalue weighted by atomic mass is 9.98. The van der Waals surface area contributed by atoms with E-state index < -0.39 is 0 Å². The molecule has 106 valence electrons. The van der Waals surface area contributed by atoms with Crippen LogP contribution in [-0.4, -0.2) is 4.98 Å². The van der Waals surface area contributed by atoms with Gasteiger partial charge in [0.2, 0.25) is 0 Å². The van der Waals surface area contributed by atoms with Gasteiger partial charge in [-0.15, -0.1) is 0 Å². The van der Waals surface area contributed by atoms with Crippen LogP contribution >= 0.6 is 15.9 Å². The van der Waals surface area contributed by atoms with Crippen molar-refractivity contribution in [2.75, 3.05) is 0 Å². The third-order valence-corrected chi connectivity index (χ3v) is 4.38. The van der Waals surface area contributed by atoms with Gasteiger partial charge in [0.25, 0.3) is 0 Å². The summed E-state index contributed by atoms with van der Waals surface area (Å²) >= 11 is 3.56. The molecule has 1 nitrogen and oxygen atoms in total. The minimum atomic E-state index is 1.08. The molecule has 0 bridgehead atoms. The maximum atomic E-state index is 3.59. The van der Waals surface area contributed by atoms with E-state index in [2.05, 4.69) is 93.7 Å². The normalized spacial score (nSPS) is 11.0. The molecule has 0 spiro atoms. The maximum absolute atomic E-state index is 3.59. The van der Waals surface area contributed by atoms with E-state index in [1.54, 1.807) is 0 Å². The van der Waals surface area contributed by atoms with Crippen LogP contribution in [0.3, 0.4) is 0 Å². The highest BCUT2D eigenvalue weighted by molar-refractivity contribution is 9.10. The summed E-state index contributed by atoms with van der Waals surface area (Å²) in [6, 6.07) is 27.4. The number of fused-ring (bicyclic) bond motifs is 1. The van der Waals surface area contributed by atoms with Gasteiger partial charge in [-0.1, -0.05) is 82.7 Å². The maximum Gasteiger partial charge on any atom is 0.0544 e. The van der Waals surface area contributed by atoms with E-state index >= 15 is 0 Å². The molecule has 0 atom stereocenters. The number of aromatic amines is 1. The second kappa shape index (κ2) is 5.47. The van der Waals surface area contributed by atoms with Crippen LogP contribution in [0.4, 0.5) is 0 Å². The molecule has 1 N–H and O–H groups in total. The molecular weight excluding hydrogens is 334 g/mol. The van der Waals surface area contributed by atoms with Gasteiger partial charge in [-0.25, -0.2) is 0 Å². The fraction of sp³-hybridized carbons (Fsp3) is 0. The first kappa shape index (κ1) is 13.4. The Morgan fingerprint density at radius 3 is 2.00 bits per heavy atom. The molecule has 22 heavy (non-hydrogen) atoms. The van der Waals surface area contributed by atoms with Gasteiger partial charge < -0.3 is 4.98 Å². The highest BCUT2D eigenvalue weighted by atomic mass is 79.9. The van der Waals surface area contributed by atoms with E-state index in [0.29, 0.717) is 0 Å². The predicted molar refractivity (Wildman–Crippen MR) is 96.9 cm³/mol. The van der Waals surface area contributed by atoms with Crippen molar-refractivity contribution >= 4 is 26.8 Å². The molecule has 3 aromatic carbocycles. The van der Waals surface area contributed by atoms with Crippen molar-refractivity contribution in [2.45, 2.75) is 0 Å². The van der Waals surface area contributed by atoms with Crippen LogP contribution in [0.2, 0.25) is 0 Å². The van der Waals surface area contributed by atoms with Gasteiger partial charge in [0.1, 0.15) is 0 Å². The van der Waals surface area contributed by atoms with Gasteiger partial charge in [-0.2, -0.15) is 0 Å². The molecule has 0 radical (unpaired) electrons. The van der Waals surface area contributed by atoms with Crippen molar-refractivity contribution in [3.8, 4) is 22.4 Å². The molecule has 0 aliphatic rings. The lowest BCUT2D eigenvalue weighted by Crippen LogP contribution is -1.82. The molecule has 0 saturated carbocycles. The number of aromatic nitrogens is 1. The second-order valence-electron chi connectivity index (χ2n) is 5.30. The largest absolute Gasteiger partial charge is 0.354 e. The zero-order valence-corrected chi connectivity index (χ0v) is 13.5. The Morgan fingerprint density at radius 2 is 1.32 bits per heavy atom. The van der Waals surface area contributed by atoms with Crippen LogP contribution in [0.15, 0.2) is 83.3 Å². The zero-order chi connectivity index (χ0) is 14.9. The molecule has 0 aliphatic heterocycles. The van der Waals surface area contributed by atoms with Gasteiger partial charge in [0.05, 0.1) is 5.69 Å². The van der Waals surface area contributed by atoms with Gasteiger partial charge in [-0.05, 0) is 23.3 Å². The Bertz CT molecular complexity index is 924. The summed E-state index contributed by atoms with van der Waals surface area (Å²) in [5, 5.41) is 1.24. The summed E-state index contributed by atoms with van der Waals surface area (Å²) in [5.41, 5.74) is 6.00. The fourth-order valence-corrected chi connectivity index (χ4v) is 3.26. The summed E-state index contributed by atoms with van der Waals surface area (Å²) in [7, 11) is 0. The van der Waals surface area contributed by atoms with Crippen molar-refractivity contribution in [1.29, 1.82) is 0 Å². The number of H-pyrrole nitrogens is 1. The van der Waals surface area contributed by atoms with E-state index in [9.17, 15) is 0 Å². The molecule has 1 aromatic heterocycles. The van der Waals surface area contributed by atoms with Crippen molar-refractivity contribution in [2.24, 2.45) is 0 Å². The quantitative estimate of drug-likeness (QED) is 0.440. The summed E-state index contributed by atoms with van der Waals surface area (Å²) in [6.45, 7) is 0. The Hall–Kier alpha value is -2.32. The number of rotatable bonds is 2. The van der Waals surface area contributed by atoms with Crippen LogP contribution in [0.25, 0.3) is 33.3 Å². The molecule has 2 heteroatoms. The number of hydrogen-bond donors (Lipinski definition) is 1. The minimum absolute atomic E-state index is 1.08. The topological polar surface area (TPSA) is 15.8 Å². The van der Waals surface area contributed by atoms with Crippen LogP contribution in [-0.2, 0) is 0 Å². The average Bonchev–Trinajstić information content (AvgIpc) is 2.95. The standard InChI is InChI=1S/C20H14BrN/c21-16-11-12-17-18(13-16)22-20(15-9-5-2-6-10-15)19(17)14-7-3-1-4-8-14/h1-13,22H. The predicted octanol–water partition coefficient (Wildman–Crippen LogP) is 6.26. The Labute approximate surface area is 137 Å². The van der Waals surface area contributed by atoms with E-state index in [0.717, 1.165) is 9.99 Å². The van der Waals surface area contributed by atoms with E-state index in [4.69, 9.17) is 0 Å². The van der Waals surface area contributed by atoms with E-state index in [1.165, 1.54) is 27.8 Å². The van der Waals surface area contributed by atoms with Crippen molar-refractivity contribution in [3.05, 3.63) is 83.3 Å². The molecule has 0 unspecified atom stereocenters. The monoisotopic (exact) mass is 347 g/mol. The fourth-order valence-electron chi connectivity index (χ4n) is 2.90. The smallest absolute Gasteiger partial charge is 0.0544 e. The number of halogens is 1. The summed E-state index contributed by atoms with van der Waals surface area (Å²) in [4.78, 5) is 3.59. The lowest BCUT2D eigenvalue weighted by Gasteiger charge is -2.05. The molecule has 4 aromatic rings. The van der Waals surface area contributed by atoms with Gasteiger partial charge in [0.15, 0.2) is 0 Å². The van der Waals surface area contributed by atoms with Crippen LogP contribution in [0.1, 0.15) is 0 Å². The molecular formula is C20H14BrN. The summed E-state index contributed by atoms with van der Waals surface area (Å²) in [5.74, 6) is 0. The third-order valence-electron chi connectivity index (χ3n) is 3.89. The van der Waals surface area contributed by atoms with Gasteiger partial charge in [0, 0.05) is 20.9 Å². The average molecular weight is 348 g/mol. The van der Waals surface area contributed by atoms with Crippen LogP contribution in [0, 0.1) is 0 Å². The molecule has 0 saturated heterocycles. The molecule has 0 amide bonds. The zero-order valence-electron chi connectivity index (χ0n) is 11.9. The minimum Gasteiger partial charge on any atom is -0.354 e. The highest BCUT2D eigenvalue weighted by Gasteiger charge is 2.14. The number of benzene rings is 3. The SMILES string of the molecule is Brc1ccc2c(-c3ccccc3)c(-c3ccccc3)[nH]c2c1. The van der Waals surface area contributed by atoms with Crippen molar-refractivity contribution in [1.82, 2.24) is 4.98 Å². The molecule has 0 fully saturated rings. The summed E-state index contributed by atoms with van der Waals surface area (Å²) in [6.07, 6.45) is 0. The number of nitrogens with one attached hydrogen (secondary N) is 1. The third kappa shape index (κ3) is 2.26. The van der Waals surface area contributed by atoms with E-state index in [-0.39, 0.29) is 0 Å². The second-order valence-corrected chi connectivity index (χ2v) is 6.21. The first-order chi connectivity index (χ1) is 10.8. The lowest BCUT2D eigenvalue weighted by molar-refractivity contribution is 1.45. The van der Waals surface area contributed by atoms with Crippen molar-refractivity contribution in [3.63, 3.8) is 0 Å². The number of hydrogen-bond acceptors (Lipinski definition) is 0. The Kier molecular flexibility index (Phi) is 3.32. The molecule has 1 heterocycles.